The molecule has 0 heterocycles. The minimum absolute atomic E-state index is 0.0858. The van der Waals surface area contributed by atoms with Gasteiger partial charge in [-0.2, -0.15) is 0 Å². The zero-order valence-electron chi connectivity index (χ0n) is 10.6. The summed E-state index contributed by atoms with van der Waals surface area (Å²) in [5, 5.41) is 2.95. The number of nitrogens with two attached hydrogens (primary N) is 1. The smallest absolute Gasteiger partial charge is 0.407 e. The summed E-state index contributed by atoms with van der Waals surface area (Å²) < 4.78 is 5.10. The summed E-state index contributed by atoms with van der Waals surface area (Å²) >= 11 is 0. The molecule has 0 bridgehead atoms. The molecule has 1 saturated carbocycles. The summed E-state index contributed by atoms with van der Waals surface area (Å²) in [5.74, 6) is 0.739. The van der Waals surface area contributed by atoms with E-state index in [1.807, 2.05) is 13.8 Å². The molecule has 1 aliphatic rings. The summed E-state index contributed by atoms with van der Waals surface area (Å²) in [6.45, 7) is 6.43. The van der Waals surface area contributed by atoms with Crippen molar-refractivity contribution in [3.05, 3.63) is 0 Å². The predicted molar refractivity (Wildman–Crippen MR) is 64.2 cm³/mol. The van der Waals surface area contributed by atoms with E-state index >= 15 is 0 Å². The van der Waals surface area contributed by atoms with Crippen LogP contribution in [0.25, 0.3) is 0 Å². The van der Waals surface area contributed by atoms with Gasteiger partial charge < -0.3 is 15.8 Å². The Labute approximate surface area is 97.9 Å². The Balaban J connectivity index is 2.50. The molecule has 1 fully saturated rings. The average molecular weight is 228 g/mol. The van der Waals surface area contributed by atoms with Crippen LogP contribution in [0.4, 0.5) is 4.79 Å². The Morgan fingerprint density at radius 2 is 2.06 bits per heavy atom. The van der Waals surface area contributed by atoms with Crippen LogP contribution in [0.5, 0.6) is 0 Å². The molecule has 0 radical (unpaired) electrons. The zero-order chi connectivity index (χ0) is 12.2. The molecule has 1 rings (SSSR count). The van der Waals surface area contributed by atoms with Gasteiger partial charge in [0.2, 0.25) is 0 Å². The number of hydrogen-bond acceptors (Lipinski definition) is 3. The van der Waals surface area contributed by atoms with E-state index in [0.717, 1.165) is 31.6 Å². The van der Waals surface area contributed by atoms with Gasteiger partial charge >= 0.3 is 6.09 Å². The van der Waals surface area contributed by atoms with Gasteiger partial charge in [0.15, 0.2) is 0 Å². The third-order valence-corrected chi connectivity index (χ3v) is 3.33. The van der Waals surface area contributed by atoms with Gasteiger partial charge in [0.05, 0.1) is 11.6 Å². The van der Waals surface area contributed by atoms with E-state index in [0.29, 0.717) is 6.54 Å². The van der Waals surface area contributed by atoms with E-state index in [1.165, 1.54) is 0 Å². The molecule has 0 spiro atoms. The second-order valence-electron chi connectivity index (χ2n) is 5.25. The molecule has 0 aromatic carbocycles. The fourth-order valence-electron chi connectivity index (χ4n) is 2.15. The number of rotatable bonds is 3. The van der Waals surface area contributed by atoms with Crippen LogP contribution in [0.1, 0.15) is 46.5 Å². The normalized spacial score (nSPS) is 30.2. The molecule has 4 nitrogen and oxygen atoms in total. The molecule has 4 heteroatoms. The lowest BCUT2D eigenvalue weighted by Gasteiger charge is -2.39. The highest BCUT2D eigenvalue weighted by molar-refractivity contribution is 5.68. The number of ether oxygens (including phenoxy) is 1. The first kappa shape index (κ1) is 13.3. The van der Waals surface area contributed by atoms with Crippen LogP contribution in [0, 0.1) is 5.92 Å². The lowest BCUT2D eigenvalue weighted by atomic mass is 9.77. The molecule has 1 aliphatic carbocycles. The summed E-state index contributed by atoms with van der Waals surface area (Å²) in [6.07, 6.45) is 3.74. The topological polar surface area (TPSA) is 64.3 Å². The van der Waals surface area contributed by atoms with Gasteiger partial charge in [-0.15, -0.1) is 0 Å². The van der Waals surface area contributed by atoms with Crippen molar-refractivity contribution in [1.29, 1.82) is 0 Å². The van der Waals surface area contributed by atoms with Crippen molar-refractivity contribution in [2.75, 3.05) is 6.54 Å². The maximum atomic E-state index is 11.6. The molecule has 0 atom stereocenters. The molecule has 1 amide bonds. The minimum Gasteiger partial charge on any atom is -0.447 e. The van der Waals surface area contributed by atoms with Crippen molar-refractivity contribution in [2.45, 2.75) is 58.1 Å². The van der Waals surface area contributed by atoms with Gasteiger partial charge in [0.1, 0.15) is 0 Å². The van der Waals surface area contributed by atoms with Gasteiger partial charge in [0.25, 0.3) is 0 Å². The number of alkyl carbamates (subject to hydrolysis) is 1. The van der Waals surface area contributed by atoms with Crippen LogP contribution in [0.3, 0.4) is 0 Å². The fourth-order valence-corrected chi connectivity index (χ4v) is 2.15. The number of amides is 1. The molecule has 16 heavy (non-hydrogen) atoms. The van der Waals surface area contributed by atoms with E-state index in [1.54, 1.807) is 0 Å². The van der Waals surface area contributed by atoms with Crippen molar-refractivity contribution in [3.8, 4) is 0 Å². The highest BCUT2D eigenvalue weighted by Crippen LogP contribution is 2.31. The predicted octanol–water partition coefficient (Wildman–Crippen LogP) is 2.03. The summed E-state index contributed by atoms with van der Waals surface area (Å²) in [4.78, 5) is 11.6. The maximum Gasteiger partial charge on any atom is 0.407 e. The molecule has 94 valence electrons. The molecular weight excluding hydrogens is 204 g/mol. The first-order chi connectivity index (χ1) is 7.47. The molecule has 0 aliphatic heterocycles. The molecule has 0 saturated heterocycles. The van der Waals surface area contributed by atoms with E-state index in [2.05, 4.69) is 12.2 Å². The van der Waals surface area contributed by atoms with Crippen LogP contribution in [0.15, 0.2) is 0 Å². The van der Waals surface area contributed by atoms with Crippen LogP contribution >= 0.6 is 0 Å². The number of nitrogens with one attached hydrogen (secondary N) is 1. The zero-order valence-corrected chi connectivity index (χ0v) is 10.6. The fraction of sp³-hybridized carbons (Fsp3) is 0.917. The largest absolute Gasteiger partial charge is 0.447 e. The summed E-state index contributed by atoms with van der Waals surface area (Å²) in [6, 6.07) is 0. The van der Waals surface area contributed by atoms with Gasteiger partial charge in [-0.25, -0.2) is 4.79 Å². The third-order valence-electron chi connectivity index (χ3n) is 3.33. The first-order valence-corrected chi connectivity index (χ1v) is 6.16. The highest BCUT2D eigenvalue weighted by Gasteiger charge is 2.34. The maximum absolute atomic E-state index is 11.6. The molecule has 0 aromatic heterocycles. The number of hydrogen-bond donors (Lipinski definition) is 2. The Hall–Kier alpha value is -0.770. The van der Waals surface area contributed by atoms with E-state index in [9.17, 15) is 4.79 Å². The Morgan fingerprint density at radius 3 is 2.50 bits per heavy atom. The van der Waals surface area contributed by atoms with Gasteiger partial charge in [-0.3, -0.25) is 0 Å². The average Bonchev–Trinajstić information content (AvgIpc) is 2.21. The molecular formula is C12H24N2O2. The lowest BCUT2D eigenvalue weighted by molar-refractivity contribution is 0.0954. The van der Waals surface area contributed by atoms with Crippen molar-refractivity contribution >= 4 is 6.09 Å². The second-order valence-corrected chi connectivity index (χ2v) is 5.25. The van der Waals surface area contributed by atoms with E-state index < -0.39 is 0 Å². The standard InChI is InChI=1S/C12H24N2O2/c1-9(2)16-11(15)14-12(8-13)6-4-10(3)5-7-12/h9-10H,4-8,13H2,1-3H3,(H,14,15). The number of carbonyl (C=O) groups excluding carboxylic acids is 1. The minimum atomic E-state index is -0.338. The SMILES string of the molecule is CC1CCC(CN)(NC(=O)OC(C)C)CC1. The lowest BCUT2D eigenvalue weighted by Crippen LogP contribution is -2.55. The first-order valence-electron chi connectivity index (χ1n) is 6.16. The van der Waals surface area contributed by atoms with E-state index in [-0.39, 0.29) is 17.7 Å². The van der Waals surface area contributed by atoms with E-state index in [4.69, 9.17) is 10.5 Å². The van der Waals surface area contributed by atoms with Crippen LogP contribution < -0.4 is 11.1 Å². The van der Waals surface area contributed by atoms with Crippen molar-refractivity contribution < 1.29 is 9.53 Å². The Morgan fingerprint density at radius 1 is 1.50 bits per heavy atom. The van der Waals surface area contributed by atoms with Gasteiger partial charge in [-0.05, 0) is 45.4 Å². The second kappa shape index (κ2) is 5.53. The van der Waals surface area contributed by atoms with Crippen LogP contribution in [-0.2, 0) is 4.74 Å². The van der Waals surface area contributed by atoms with Gasteiger partial charge in [-0.1, -0.05) is 6.92 Å². The molecule has 0 unspecified atom stereocenters. The van der Waals surface area contributed by atoms with Crippen LogP contribution in [-0.4, -0.2) is 24.3 Å². The quantitative estimate of drug-likeness (QED) is 0.776. The van der Waals surface area contributed by atoms with Crippen molar-refractivity contribution in [1.82, 2.24) is 5.32 Å². The number of carbonyl (C=O) groups is 1. The molecule has 3 N–H and O–H groups in total. The Bertz CT molecular complexity index is 233. The van der Waals surface area contributed by atoms with Gasteiger partial charge in [0, 0.05) is 6.54 Å². The summed E-state index contributed by atoms with van der Waals surface area (Å²) in [5.41, 5.74) is 5.55. The van der Waals surface area contributed by atoms with Crippen molar-refractivity contribution in [3.63, 3.8) is 0 Å². The molecule has 0 aromatic rings. The summed E-state index contributed by atoms with van der Waals surface area (Å²) in [7, 11) is 0. The third kappa shape index (κ3) is 3.67. The van der Waals surface area contributed by atoms with Crippen LogP contribution in [0.2, 0.25) is 0 Å². The van der Waals surface area contributed by atoms with Crippen molar-refractivity contribution in [2.24, 2.45) is 11.7 Å². The highest BCUT2D eigenvalue weighted by atomic mass is 16.6. The Kier molecular flexibility index (Phi) is 4.59. The monoisotopic (exact) mass is 228 g/mol.